The Hall–Kier alpha value is -3.10. The average molecular weight is 401 g/mol. The molecule has 9 nitrogen and oxygen atoms in total. The summed E-state index contributed by atoms with van der Waals surface area (Å²) in [7, 11) is 0. The summed E-state index contributed by atoms with van der Waals surface area (Å²) in [5, 5.41) is 8.08. The Morgan fingerprint density at radius 3 is 2.45 bits per heavy atom. The number of hydrogen-bond acceptors (Lipinski definition) is 4. The second-order valence-corrected chi connectivity index (χ2v) is 7.99. The molecule has 6 amide bonds. The van der Waals surface area contributed by atoms with Crippen molar-refractivity contribution in [3.63, 3.8) is 0 Å². The van der Waals surface area contributed by atoms with E-state index >= 15 is 0 Å². The van der Waals surface area contributed by atoms with Crippen LogP contribution in [0.1, 0.15) is 51.1 Å². The van der Waals surface area contributed by atoms with E-state index < -0.39 is 23.5 Å². The monoisotopic (exact) mass is 401 g/mol. The predicted molar refractivity (Wildman–Crippen MR) is 107 cm³/mol. The Morgan fingerprint density at radius 2 is 1.86 bits per heavy atom. The van der Waals surface area contributed by atoms with Crippen molar-refractivity contribution in [1.29, 1.82) is 0 Å². The summed E-state index contributed by atoms with van der Waals surface area (Å²) in [6, 6.07) is 5.36. The predicted octanol–water partition coefficient (Wildman–Crippen LogP) is 1.86. The van der Waals surface area contributed by atoms with Crippen molar-refractivity contribution in [2.24, 2.45) is 11.7 Å². The smallest absolute Gasteiger partial charge is 0.325 e. The molecule has 1 aliphatic heterocycles. The van der Waals surface area contributed by atoms with Gasteiger partial charge in [0.05, 0.1) is 6.04 Å². The maximum atomic E-state index is 12.8. The van der Waals surface area contributed by atoms with Gasteiger partial charge in [-0.1, -0.05) is 19.1 Å². The van der Waals surface area contributed by atoms with Gasteiger partial charge >= 0.3 is 12.1 Å². The normalized spacial score (nSPS) is 24.9. The van der Waals surface area contributed by atoms with Crippen molar-refractivity contribution in [3.05, 3.63) is 29.8 Å². The molecule has 0 radical (unpaired) electrons. The van der Waals surface area contributed by atoms with Crippen LogP contribution in [0.3, 0.4) is 0 Å². The lowest BCUT2D eigenvalue weighted by Crippen LogP contribution is -2.50. The lowest BCUT2D eigenvalue weighted by atomic mass is 9.77. The largest absolute Gasteiger partial charge is 0.351 e. The fourth-order valence-corrected chi connectivity index (χ4v) is 3.93. The van der Waals surface area contributed by atoms with Crippen LogP contribution in [0.4, 0.5) is 15.3 Å². The van der Waals surface area contributed by atoms with Crippen LogP contribution in [0.15, 0.2) is 24.3 Å². The van der Waals surface area contributed by atoms with E-state index in [0.717, 1.165) is 23.3 Å². The molecule has 1 aliphatic carbocycles. The molecule has 156 valence electrons. The molecule has 0 bridgehead atoms. The van der Waals surface area contributed by atoms with Crippen LogP contribution >= 0.6 is 0 Å². The number of anilines is 1. The molecule has 1 atom stereocenters. The van der Waals surface area contributed by atoms with E-state index in [1.807, 2.05) is 0 Å². The summed E-state index contributed by atoms with van der Waals surface area (Å²) in [6.45, 7) is 3.62. The van der Waals surface area contributed by atoms with Gasteiger partial charge in [-0.05, 0) is 56.2 Å². The summed E-state index contributed by atoms with van der Waals surface area (Å²) in [6.07, 6.45) is 2.98. The number of hydrogen-bond donors (Lipinski definition) is 4. The minimum Gasteiger partial charge on any atom is -0.351 e. The molecule has 9 heteroatoms. The number of imide groups is 1. The molecular weight excluding hydrogens is 374 g/mol. The third-order valence-electron chi connectivity index (χ3n) is 5.73. The van der Waals surface area contributed by atoms with E-state index in [0.29, 0.717) is 24.4 Å². The van der Waals surface area contributed by atoms with Gasteiger partial charge in [-0.2, -0.15) is 0 Å². The number of benzene rings is 1. The molecular formula is C20H27N5O4. The highest BCUT2D eigenvalue weighted by molar-refractivity contribution is 6.09. The molecule has 1 saturated carbocycles. The summed E-state index contributed by atoms with van der Waals surface area (Å²) < 4.78 is 0. The number of rotatable bonds is 5. The van der Waals surface area contributed by atoms with Gasteiger partial charge in [0.2, 0.25) is 5.91 Å². The second-order valence-electron chi connectivity index (χ2n) is 7.99. The SMILES string of the molecule is CC1CCC2(CC1)NC(=O)N(CC(=O)NC(C)c1ccc(NC(N)=O)cc1)C2=O. The van der Waals surface area contributed by atoms with Gasteiger partial charge in [-0.3, -0.25) is 14.5 Å². The molecule has 2 fully saturated rings. The average Bonchev–Trinajstić information content (AvgIpc) is 2.88. The van der Waals surface area contributed by atoms with Gasteiger partial charge in [0.25, 0.3) is 5.91 Å². The number of nitrogens with two attached hydrogens (primary N) is 1. The fourth-order valence-electron chi connectivity index (χ4n) is 3.93. The van der Waals surface area contributed by atoms with Crippen molar-refractivity contribution >= 4 is 29.6 Å². The summed E-state index contributed by atoms with van der Waals surface area (Å²) in [4.78, 5) is 49.5. The lowest BCUT2D eigenvalue weighted by Gasteiger charge is -2.33. The number of carbonyl (C=O) groups excluding carboxylic acids is 4. The van der Waals surface area contributed by atoms with E-state index in [9.17, 15) is 19.2 Å². The van der Waals surface area contributed by atoms with Crippen LogP contribution in [0.5, 0.6) is 0 Å². The lowest BCUT2D eigenvalue weighted by molar-refractivity contribution is -0.136. The Kier molecular flexibility index (Phi) is 5.76. The second kappa shape index (κ2) is 8.10. The molecule has 1 aromatic rings. The van der Waals surface area contributed by atoms with E-state index in [1.54, 1.807) is 31.2 Å². The van der Waals surface area contributed by atoms with Gasteiger partial charge in [0.15, 0.2) is 0 Å². The summed E-state index contributed by atoms with van der Waals surface area (Å²) in [5.41, 5.74) is 5.58. The van der Waals surface area contributed by atoms with Crippen molar-refractivity contribution in [2.45, 2.75) is 51.1 Å². The van der Waals surface area contributed by atoms with Crippen LogP contribution < -0.4 is 21.7 Å². The molecule has 1 aromatic carbocycles. The Labute approximate surface area is 169 Å². The van der Waals surface area contributed by atoms with E-state index in [2.05, 4.69) is 22.9 Å². The third-order valence-corrected chi connectivity index (χ3v) is 5.73. The maximum Gasteiger partial charge on any atom is 0.325 e. The first-order valence-corrected chi connectivity index (χ1v) is 9.80. The number of carbonyl (C=O) groups is 4. The van der Waals surface area contributed by atoms with E-state index in [4.69, 9.17) is 5.73 Å². The Morgan fingerprint density at radius 1 is 1.24 bits per heavy atom. The van der Waals surface area contributed by atoms with Gasteiger partial charge in [0.1, 0.15) is 12.1 Å². The molecule has 1 unspecified atom stereocenters. The van der Waals surface area contributed by atoms with Gasteiger partial charge in [-0.25, -0.2) is 9.59 Å². The first-order valence-electron chi connectivity index (χ1n) is 9.80. The van der Waals surface area contributed by atoms with Crippen LogP contribution in [0.25, 0.3) is 0 Å². The van der Waals surface area contributed by atoms with Crippen LogP contribution in [0, 0.1) is 5.92 Å². The first kappa shape index (κ1) is 20.6. The zero-order chi connectivity index (χ0) is 21.2. The summed E-state index contributed by atoms with van der Waals surface area (Å²) in [5.74, 6) is -0.186. The standard InChI is InChI=1S/C20H27N5O4/c1-12-7-9-20(10-8-12)17(27)25(19(29)24-20)11-16(26)22-13(2)14-3-5-15(6-4-14)23-18(21)28/h3-6,12-13H,7-11H2,1-2H3,(H,22,26)(H,24,29)(H3,21,23,28). The minimum atomic E-state index is -0.848. The van der Waals surface area contributed by atoms with E-state index in [-0.39, 0.29) is 18.5 Å². The number of amides is 6. The molecule has 1 heterocycles. The number of nitrogens with zero attached hydrogens (tertiary/aromatic N) is 1. The number of nitrogens with one attached hydrogen (secondary N) is 3. The van der Waals surface area contributed by atoms with Crippen molar-refractivity contribution in [1.82, 2.24) is 15.5 Å². The van der Waals surface area contributed by atoms with Crippen LogP contribution in [0.2, 0.25) is 0 Å². The molecule has 3 rings (SSSR count). The molecule has 29 heavy (non-hydrogen) atoms. The van der Waals surface area contributed by atoms with Crippen molar-refractivity contribution in [3.8, 4) is 0 Å². The molecule has 0 aromatic heterocycles. The van der Waals surface area contributed by atoms with Crippen molar-refractivity contribution in [2.75, 3.05) is 11.9 Å². The Balaban J connectivity index is 1.58. The van der Waals surface area contributed by atoms with Crippen LogP contribution in [-0.2, 0) is 9.59 Å². The van der Waals surface area contributed by atoms with Gasteiger partial charge < -0.3 is 21.7 Å². The molecule has 1 spiro atoms. The van der Waals surface area contributed by atoms with Crippen LogP contribution in [-0.4, -0.2) is 40.9 Å². The maximum absolute atomic E-state index is 12.8. The molecule has 5 N–H and O–H groups in total. The quantitative estimate of drug-likeness (QED) is 0.560. The number of urea groups is 2. The highest BCUT2D eigenvalue weighted by Crippen LogP contribution is 2.36. The topological polar surface area (TPSA) is 134 Å². The zero-order valence-corrected chi connectivity index (χ0v) is 16.7. The highest BCUT2D eigenvalue weighted by atomic mass is 16.2. The first-order chi connectivity index (χ1) is 13.7. The molecule has 1 saturated heterocycles. The van der Waals surface area contributed by atoms with E-state index in [1.165, 1.54) is 0 Å². The third kappa shape index (κ3) is 4.49. The highest BCUT2D eigenvalue weighted by Gasteiger charge is 2.52. The van der Waals surface area contributed by atoms with Gasteiger partial charge in [-0.15, -0.1) is 0 Å². The zero-order valence-electron chi connectivity index (χ0n) is 16.7. The van der Waals surface area contributed by atoms with Crippen molar-refractivity contribution < 1.29 is 19.2 Å². The van der Waals surface area contributed by atoms with Gasteiger partial charge in [0, 0.05) is 5.69 Å². The minimum absolute atomic E-state index is 0.306. The Bertz CT molecular complexity index is 815. The molecule has 2 aliphatic rings. The summed E-state index contributed by atoms with van der Waals surface area (Å²) >= 11 is 0. The fraction of sp³-hybridized carbons (Fsp3) is 0.500. The number of primary amides is 1.